The Labute approximate surface area is 113 Å². The number of unbranched alkanes of at least 4 members (excludes halogenated alkanes) is 2. The summed E-state index contributed by atoms with van der Waals surface area (Å²) in [5, 5.41) is 0. The van der Waals surface area contributed by atoms with Crippen LogP contribution in [0, 0.1) is 17.8 Å². The van der Waals surface area contributed by atoms with Crippen LogP contribution in [0.4, 0.5) is 0 Å². The summed E-state index contributed by atoms with van der Waals surface area (Å²) in [7, 11) is 0. The van der Waals surface area contributed by atoms with Crippen LogP contribution >= 0.6 is 0 Å². The fourth-order valence-electron chi connectivity index (χ4n) is 4.09. The Hall–Kier alpha value is -0.330. The van der Waals surface area contributed by atoms with Crippen molar-refractivity contribution in [2.45, 2.75) is 84.0 Å². The maximum absolute atomic E-state index is 11.6. The smallest absolute Gasteiger partial charge is 0.133 e. The predicted molar refractivity (Wildman–Crippen MR) is 76.6 cm³/mol. The van der Waals surface area contributed by atoms with Gasteiger partial charge in [-0.1, -0.05) is 45.4 Å². The van der Waals surface area contributed by atoms with E-state index in [9.17, 15) is 4.79 Å². The molecule has 104 valence electrons. The summed E-state index contributed by atoms with van der Waals surface area (Å²) in [6.45, 7) is 2.29. The minimum absolute atomic E-state index is 0.538. The number of carbonyl (C=O) groups is 1. The molecule has 0 N–H and O–H groups in total. The molecular formula is C17H30O. The van der Waals surface area contributed by atoms with Gasteiger partial charge in [0.25, 0.3) is 0 Å². The second-order valence-electron chi connectivity index (χ2n) is 6.67. The van der Waals surface area contributed by atoms with E-state index in [1.165, 1.54) is 64.2 Å². The normalized spacial score (nSPS) is 33.6. The van der Waals surface area contributed by atoms with Crippen LogP contribution in [0.5, 0.6) is 0 Å². The van der Waals surface area contributed by atoms with E-state index in [4.69, 9.17) is 0 Å². The van der Waals surface area contributed by atoms with Gasteiger partial charge in [-0.3, -0.25) is 4.79 Å². The SMILES string of the molecule is CCCCC[C@H]1CC[C@H](C2CCCC(=O)C2)CC1. The number of Topliss-reactive ketones (excluding diaryl/α,β-unsaturated/α-hetero) is 1. The highest BCUT2D eigenvalue weighted by Crippen LogP contribution is 2.40. The summed E-state index contributed by atoms with van der Waals surface area (Å²) >= 11 is 0. The Morgan fingerprint density at radius 3 is 2.44 bits per heavy atom. The lowest BCUT2D eigenvalue weighted by molar-refractivity contribution is -0.122. The molecule has 2 saturated carbocycles. The monoisotopic (exact) mass is 250 g/mol. The fourth-order valence-corrected chi connectivity index (χ4v) is 4.09. The third-order valence-electron chi connectivity index (χ3n) is 5.29. The molecule has 18 heavy (non-hydrogen) atoms. The third kappa shape index (κ3) is 4.10. The molecule has 2 aliphatic rings. The van der Waals surface area contributed by atoms with Crippen molar-refractivity contribution in [3.8, 4) is 0 Å². The Balaban J connectivity index is 1.67. The van der Waals surface area contributed by atoms with Crippen molar-refractivity contribution in [2.75, 3.05) is 0 Å². The van der Waals surface area contributed by atoms with E-state index in [2.05, 4.69) is 6.92 Å². The molecule has 2 fully saturated rings. The summed E-state index contributed by atoms with van der Waals surface area (Å²) in [5.41, 5.74) is 0. The summed E-state index contributed by atoms with van der Waals surface area (Å²) in [5.74, 6) is 3.18. The second-order valence-corrected chi connectivity index (χ2v) is 6.67. The Morgan fingerprint density at radius 2 is 1.78 bits per heavy atom. The van der Waals surface area contributed by atoms with Crippen molar-refractivity contribution in [3.05, 3.63) is 0 Å². The quantitative estimate of drug-likeness (QED) is 0.618. The van der Waals surface area contributed by atoms with Gasteiger partial charge in [-0.15, -0.1) is 0 Å². The lowest BCUT2D eigenvalue weighted by Gasteiger charge is -2.35. The zero-order valence-corrected chi connectivity index (χ0v) is 12.1. The van der Waals surface area contributed by atoms with Crippen LogP contribution in [0.15, 0.2) is 0 Å². The standard InChI is InChI=1S/C17H30O/c1-2-3-4-6-14-9-11-15(12-10-14)16-7-5-8-17(18)13-16/h14-16H,2-13H2,1H3/t14-,15-,16?. The lowest BCUT2D eigenvalue weighted by Crippen LogP contribution is -2.26. The average Bonchev–Trinajstić information content (AvgIpc) is 2.40. The van der Waals surface area contributed by atoms with Gasteiger partial charge in [0, 0.05) is 12.8 Å². The maximum Gasteiger partial charge on any atom is 0.133 e. The van der Waals surface area contributed by atoms with Crippen molar-refractivity contribution < 1.29 is 4.79 Å². The first-order valence-corrected chi connectivity index (χ1v) is 8.31. The van der Waals surface area contributed by atoms with Crippen molar-refractivity contribution in [3.63, 3.8) is 0 Å². The molecule has 0 heterocycles. The van der Waals surface area contributed by atoms with Gasteiger partial charge >= 0.3 is 0 Å². The molecule has 0 spiro atoms. The van der Waals surface area contributed by atoms with E-state index in [0.717, 1.165) is 30.6 Å². The topological polar surface area (TPSA) is 17.1 Å². The lowest BCUT2D eigenvalue weighted by atomic mass is 9.70. The highest BCUT2D eigenvalue weighted by atomic mass is 16.1. The average molecular weight is 250 g/mol. The first kappa shape index (κ1) is 14.1. The second kappa shape index (κ2) is 7.31. The van der Waals surface area contributed by atoms with Gasteiger partial charge < -0.3 is 0 Å². The highest BCUT2D eigenvalue weighted by Gasteiger charge is 2.30. The van der Waals surface area contributed by atoms with Gasteiger partial charge in [0.05, 0.1) is 0 Å². The van der Waals surface area contributed by atoms with Crippen LogP contribution in [0.2, 0.25) is 0 Å². The van der Waals surface area contributed by atoms with E-state index in [1.807, 2.05) is 0 Å². The Bertz CT molecular complexity index is 250. The molecule has 1 nitrogen and oxygen atoms in total. The molecular weight excluding hydrogens is 220 g/mol. The molecule has 0 saturated heterocycles. The molecule has 1 unspecified atom stereocenters. The molecule has 0 amide bonds. The van der Waals surface area contributed by atoms with Gasteiger partial charge in [0.2, 0.25) is 0 Å². The van der Waals surface area contributed by atoms with Gasteiger partial charge in [0.15, 0.2) is 0 Å². The first-order valence-electron chi connectivity index (χ1n) is 8.31. The largest absolute Gasteiger partial charge is 0.300 e. The number of rotatable bonds is 5. The van der Waals surface area contributed by atoms with E-state index in [-0.39, 0.29) is 0 Å². The molecule has 2 aliphatic carbocycles. The molecule has 0 aromatic carbocycles. The minimum atomic E-state index is 0.538. The molecule has 1 heteroatoms. The molecule has 0 aliphatic heterocycles. The van der Waals surface area contributed by atoms with Crippen molar-refractivity contribution in [2.24, 2.45) is 17.8 Å². The minimum Gasteiger partial charge on any atom is -0.300 e. The molecule has 1 atom stereocenters. The Morgan fingerprint density at radius 1 is 1.00 bits per heavy atom. The molecule has 0 aromatic heterocycles. The number of carbonyl (C=O) groups excluding carboxylic acids is 1. The van der Waals surface area contributed by atoms with E-state index in [1.54, 1.807) is 0 Å². The van der Waals surface area contributed by atoms with Gasteiger partial charge in [0.1, 0.15) is 5.78 Å². The van der Waals surface area contributed by atoms with Crippen molar-refractivity contribution >= 4 is 5.78 Å². The highest BCUT2D eigenvalue weighted by molar-refractivity contribution is 5.79. The molecule has 0 bridgehead atoms. The van der Waals surface area contributed by atoms with Crippen LogP contribution in [-0.4, -0.2) is 5.78 Å². The molecule has 0 radical (unpaired) electrons. The summed E-state index contributed by atoms with van der Waals surface area (Å²) < 4.78 is 0. The number of ketones is 1. The van der Waals surface area contributed by atoms with E-state index >= 15 is 0 Å². The van der Waals surface area contributed by atoms with Crippen molar-refractivity contribution in [1.29, 1.82) is 0 Å². The van der Waals surface area contributed by atoms with E-state index in [0.29, 0.717) is 5.78 Å². The van der Waals surface area contributed by atoms with Crippen LogP contribution < -0.4 is 0 Å². The summed E-state index contributed by atoms with van der Waals surface area (Å²) in [6.07, 6.45) is 15.6. The van der Waals surface area contributed by atoms with Gasteiger partial charge in [-0.25, -0.2) is 0 Å². The fraction of sp³-hybridized carbons (Fsp3) is 0.941. The first-order chi connectivity index (χ1) is 8.79. The van der Waals surface area contributed by atoms with Crippen molar-refractivity contribution in [1.82, 2.24) is 0 Å². The zero-order valence-electron chi connectivity index (χ0n) is 12.1. The van der Waals surface area contributed by atoms with Gasteiger partial charge in [-0.2, -0.15) is 0 Å². The summed E-state index contributed by atoms with van der Waals surface area (Å²) in [6, 6.07) is 0. The van der Waals surface area contributed by atoms with E-state index < -0.39 is 0 Å². The van der Waals surface area contributed by atoms with Gasteiger partial charge in [-0.05, 0) is 43.4 Å². The third-order valence-corrected chi connectivity index (χ3v) is 5.29. The zero-order chi connectivity index (χ0) is 12.8. The summed E-state index contributed by atoms with van der Waals surface area (Å²) in [4.78, 5) is 11.6. The van der Waals surface area contributed by atoms with Crippen LogP contribution in [-0.2, 0) is 4.79 Å². The van der Waals surface area contributed by atoms with Crippen LogP contribution in [0.25, 0.3) is 0 Å². The Kier molecular flexibility index (Phi) is 5.72. The van der Waals surface area contributed by atoms with Crippen LogP contribution in [0.1, 0.15) is 84.0 Å². The maximum atomic E-state index is 11.6. The number of hydrogen-bond acceptors (Lipinski definition) is 1. The predicted octanol–water partition coefficient (Wildman–Crippen LogP) is 5.13. The number of hydrogen-bond donors (Lipinski definition) is 0. The molecule has 0 aromatic rings. The molecule has 2 rings (SSSR count). The van der Waals surface area contributed by atoms with Crippen LogP contribution in [0.3, 0.4) is 0 Å².